The fourth-order valence-corrected chi connectivity index (χ4v) is 3.30. The normalized spacial score (nSPS) is 18.0. The number of hydrazine groups is 1. The van der Waals surface area contributed by atoms with E-state index in [-0.39, 0.29) is 6.04 Å². The molecule has 4 nitrogen and oxygen atoms in total. The molecule has 1 aromatic carbocycles. The Morgan fingerprint density at radius 3 is 2.33 bits per heavy atom. The van der Waals surface area contributed by atoms with Crippen molar-refractivity contribution in [3.63, 3.8) is 0 Å². The van der Waals surface area contributed by atoms with Crippen LogP contribution in [0.5, 0.6) is 11.5 Å². The zero-order chi connectivity index (χ0) is 15.1. The van der Waals surface area contributed by atoms with E-state index in [0.29, 0.717) is 0 Å². The fraction of sp³-hybridized carbons (Fsp3) is 0.647. The highest BCUT2D eigenvalue weighted by Gasteiger charge is 2.19. The first-order chi connectivity index (χ1) is 10.3. The summed E-state index contributed by atoms with van der Waals surface area (Å²) >= 11 is 0. The molecule has 0 spiro atoms. The minimum atomic E-state index is 0.174. The first-order valence-corrected chi connectivity index (χ1v) is 7.96. The lowest BCUT2D eigenvalue weighted by Gasteiger charge is -2.23. The van der Waals surface area contributed by atoms with Gasteiger partial charge in [-0.1, -0.05) is 44.6 Å². The molecule has 1 aliphatic carbocycles. The van der Waals surface area contributed by atoms with E-state index in [2.05, 4.69) is 11.5 Å². The van der Waals surface area contributed by atoms with Gasteiger partial charge in [-0.15, -0.1) is 0 Å². The number of nitrogens with one attached hydrogen (secondary N) is 1. The number of benzene rings is 1. The third-order valence-electron chi connectivity index (χ3n) is 4.55. The number of nitrogens with two attached hydrogens (primary N) is 1. The molecule has 1 unspecified atom stereocenters. The molecule has 0 aliphatic heterocycles. The van der Waals surface area contributed by atoms with Crippen molar-refractivity contribution >= 4 is 0 Å². The molecule has 1 fully saturated rings. The van der Waals surface area contributed by atoms with E-state index in [1.54, 1.807) is 14.2 Å². The number of ether oxygens (including phenoxy) is 2. The topological polar surface area (TPSA) is 56.5 Å². The molecule has 0 saturated heterocycles. The Kier molecular flexibility index (Phi) is 6.33. The van der Waals surface area contributed by atoms with Crippen LogP contribution in [0.25, 0.3) is 0 Å². The molecule has 1 saturated carbocycles. The molecule has 118 valence electrons. The lowest BCUT2D eigenvalue weighted by atomic mass is 9.89. The minimum Gasteiger partial charge on any atom is -0.493 e. The molecule has 0 amide bonds. The maximum Gasteiger partial charge on any atom is 0.161 e. The summed E-state index contributed by atoms with van der Waals surface area (Å²) in [6.45, 7) is 0. The highest BCUT2D eigenvalue weighted by Crippen LogP contribution is 2.34. The van der Waals surface area contributed by atoms with Crippen LogP contribution in [-0.4, -0.2) is 14.2 Å². The van der Waals surface area contributed by atoms with Crippen LogP contribution in [-0.2, 0) is 0 Å². The Morgan fingerprint density at radius 2 is 1.76 bits per heavy atom. The van der Waals surface area contributed by atoms with Crippen molar-refractivity contribution in [3.8, 4) is 11.5 Å². The van der Waals surface area contributed by atoms with Crippen molar-refractivity contribution in [1.82, 2.24) is 5.43 Å². The van der Waals surface area contributed by atoms with E-state index >= 15 is 0 Å². The van der Waals surface area contributed by atoms with Crippen LogP contribution in [0.3, 0.4) is 0 Å². The van der Waals surface area contributed by atoms with Gasteiger partial charge in [-0.3, -0.25) is 11.3 Å². The molecule has 1 atom stereocenters. The molecule has 4 heteroatoms. The van der Waals surface area contributed by atoms with Crippen molar-refractivity contribution < 1.29 is 9.47 Å². The van der Waals surface area contributed by atoms with Crippen LogP contribution < -0.4 is 20.7 Å². The fourth-order valence-electron chi connectivity index (χ4n) is 3.30. The maximum absolute atomic E-state index is 5.80. The third-order valence-corrected chi connectivity index (χ3v) is 4.55. The molecule has 0 bridgehead atoms. The van der Waals surface area contributed by atoms with Gasteiger partial charge in [0.25, 0.3) is 0 Å². The number of methoxy groups -OCH3 is 2. The van der Waals surface area contributed by atoms with Gasteiger partial charge in [0.1, 0.15) is 0 Å². The van der Waals surface area contributed by atoms with Crippen LogP contribution >= 0.6 is 0 Å². The van der Waals surface area contributed by atoms with Crippen molar-refractivity contribution in [3.05, 3.63) is 23.8 Å². The molecular weight excluding hydrogens is 264 g/mol. The van der Waals surface area contributed by atoms with Crippen LogP contribution in [0.4, 0.5) is 0 Å². The van der Waals surface area contributed by atoms with E-state index in [1.165, 1.54) is 44.1 Å². The second kappa shape index (κ2) is 8.25. The van der Waals surface area contributed by atoms with Crippen molar-refractivity contribution in [2.75, 3.05) is 14.2 Å². The largest absolute Gasteiger partial charge is 0.493 e. The second-order valence-corrected chi connectivity index (χ2v) is 5.93. The highest BCUT2D eigenvalue weighted by atomic mass is 16.5. The maximum atomic E-state index is 5.80. The summed E-state index contributed by atoms with van der Waals surface area (Å²) in [5.41, 5.74) is 4.14. The Hall–Kier alpha value is -1.26. The molecule has 3 N–H and O–H groups in total. The van der Waals surface area contributed by atoms with E-state index < -0.39 is 0 Å². The van der Waals surface area contributed by atoms with Crippen LogP contribution in [0.1, 0.15) is 56.6 Å². The molecular formula is C17H28N2O2. The van der Waals surface area contributed by atoms with Gasteiger partial charge >= 0.3 is 0 Å². The average Bonchev–Trinajstić information content (AvgIpc) is 2.80. The summed E-state index contributed by atoms with van der Waals surface area (Å²) in [7, 11) is 3.32. The summed E-state index contributed by atoms with van der Waals surface area (Å²) in [6.07, 6.45) is 9.21. The van der Waals surface area contributed by atoms with Crippen LogP contribution in [0, 0.1) is 5.92 Å². The van der Waals surface area contributed by atoms with E-state index in [0.717, 1.165) is 23.8 Å². The van der Waals surface area contributed by atoms with Crippen molar-refractivity contribution in [1.29, 1.82) is 0 Å². The SMILES string of the molecule is COc1ccc(C(CC2CCCCCC2)NN)cc1OC. The quantitative estimate of drug-likeness (QED) is 0.478. The number of rotatable bonds is 6. The Morgan fingerprint density at radius 1 is 1.10 bits per heavy atom. The summed E-state index contributed by atoms with van der Waals surface area (Å²) in [6, 6.07) is 6.22. The smallest absolute Gasteiger partial charge is 0.161 e. The van der Waals surface area contributed by atoms with Gasteiger partial charge in [0.05, 0.1) is 14.2 Å². The van der Waals surface area contributed by atoms with Crippen molar-refractivity contribution in [2.24, 2.45) is 11.8 Å². The summed E-state index contributed by atoms with van der Waals surface area (Å²) in [5, 5.41) is 0. The third kappa shape index (κ3) is 4.35. The molecule has 2 rings (SSSR count). The zero-order valence-corrected chi connectivity index (χ0v) is 13.2. The molecule has 21 heavy (non-hydrogen) atoms. The number of hydrogen-bond donors (Lipinski definition) is 2. The van der Waals surface area contributed by atoms with Gasteiger partial charge in [-0.2, -0.15) is 0 Å². The standard InChI is InChI=1S/C17H28N2O2/c1-20-16-10-9-14(12-17(16)21-2)15(19-18)11-13-7-5-3-4-6-8-13/h9-10,12-13,15,19H,3-8,11,18H2,1-2H3. The highest BCUT2D eigenvalue weighted by molar-refractivity contribution is 5.43. The predicted octanol–water partition coefficient (Wildman–Crippen LogP) is 3.57. The van der Waals surface area contributed by atoms with Crippen LogP contribution in [0.15, 0.2) is 18.2 Å². The Bertz CT molecular complexity index is 429. The van der Waals surface area contributed by atoms with E-state index in [1.807, 2.05) is 12.1 Å². The molecule has 1 aromatic rings. The van der Waals surface area contributed by atoms with Gasteiger partial charge < -0.3 is 9.47 Å². The zero-order valence-electron chi connectivity index (χ0n) is 13.2. The average molecular weight is 292 g/mol. The first-order valence-electron chi connectivity index (χ1n) is 7.96. The number of hydrogen-bond acceptors (Lipinski definition) is 4. The minimum absolute atomic E-state index is 0.174. The Balaban J connectivity index is 2.09. The molecule has 0 radical (unpaired) electrons. The second-order valence-electron chi connectivity index (χ2n) is 5.93. The van der Waals surface area contributed by atoms with Gasteiger partial charge in [0.2, 0.25) is 0 Å². The summed E-state index contributed by atoms with van der Waals surface area (Å²) in [5.74, 6) is 8.08. The molecule has 0 heterocycles. The monoisotopic (exact) mass is 292 g/mol. The van der Waals surface area contributed by atoms with E-state index in [9.17, 15) is 0 Å². The van der Waals surface area contributed by atoms with Gasteiger partial charge in [0.15, 0.2) is 11.5 Å². The first kappa shape index (κ1) is 16.1. The lowest BCUT2D eigenvalue weighted by molar-refractivity contribution is 0.346. The summed E-state index contributed by atoms with van der Waals surface area (Å²) < 4.78 is 10.7. The lowest BCUT2D eigenvalue weighted by Crippen LogP contribution is -2.29. The van der Waals surface area contributed by atoms with Crippen molar-refractivity contribution in [2.45, 2.75) is 51.0 Å². The van der Waals surface area contributed by atoms with Crippen LogP contribution in [0.2, 0.25) is 0 Å². The van der Waals surface area contributed by atoms with E-state index in [4.69, 9.17) is 15.3 Å². The van der Waals surface area contributed by atoms with Gasteiger partial charge in [0, 0.05) is 6.04 Å². The predicted molar refractivity (Wildman–Crippen MR) is 85.4 cm³/mol. The Labute approximate surface area is 128 Å². The van der Waals surface area contributed by atoms with Gasteiger partial charge in [-0.25, -0.2) is 0 Å². The summed E-state index contributed by atoms with van der Waals surface area (Å²) in [4.78, 5) is 0. The molecule has 0 aromatic heterocycles. The molecule has 1 aliphatic rings. The van der Waals surface area contributed by atoms with Gasteiger partial charge in [-0.05, 0) is 30.0 Å².